The van der Waals surface area contributed by atoms with Crippen molar-refractivity contribution < 1.29 is 14.3 Å². The van der Waals surface area contributed by atoms with Crippen molar-refractivity contribution in [3.63, 3.8) is 0 Å². The summed E-state index contributed by atoms with van der Waals surface area (Å²) in [5.74, 6) is 2.20. The number of nitrogens with one attached hydrogen (secondary N) is 2. The quantitative estimate of drug-likeness (QED) is 0.615. The molecule has 20 heavy (non-hydrogen) atoms. The van der Waals surface area contributed by atoms with Gasteiger partial charge < -0.3 is 10.1 Å². The Morgan fingerprint density at radius 2 is 2.35 bits per heavy atom. The molecule has 1 aliphatic rings. The van der Waals surface area contributed by atoms with E-state index < -0.39 is 0 Å². The second-order valence-electron chi connectivity index (χ2n) is 4.17. The van der Waals surface area contributed by atoms with Gasteiger partial charge in [0.1, 0.15) is 6.61 Å². The first-order valence-electron chi connectivity index (χ1n) is 6.19. The van der Waals surface area contributed by atoms with Gasteiger partial charge in [0.05, 0.1) is 19.6 Å². The number of hydrogen-bond donors (Lipinski definition) is 2. The molecular weight excluding hydrogens is 258 g/mol. The first-order valence-corrected chi connectivity index (χ1v) is 6.19. The number of cyclic esters (lactones) is 1. The third-order valence-corrected chi connectivity index (χ3v) is 2.72. The fourth-order valence-electron chi connectivity index (χ4n) is 1.83. The molecule has 0 aromatic heterocycles. The number of amides is 2. The van der Waals surface area contributed by atoms with E-state index in [1.807, 2.05) is 0 Å². The highest BCUT2D eigenvalue weighted by molar-refractivity contribution is 5.94. The molecule has 2 rings (SSSR count). The molecule has 1 aromatic carbocycles. The SMILES string of the molecule is C#CCNCC(=O)Nc1cccc(N2CCOC2=O)c1. The summed E-state index contributed by atoms with van der Waals surface area (Å²) in [5, 5.41) is 5.53. The van der Waals surface area contributed by atoms with E-state index in [1.165, 1.54) is 4.90 Å². The average molecular weight is 273 g/mol. The summed E-state index contributed by atoms with van der Waals surface area (Å²) in [4.78, 5) is 24.6. The summed E-state index contributed by atoms with van der Waals surface area (Å²) >= 11 is 0. The second kappa shape index (κ2) is 6.59. The summed E-state index contributed by atoms with van der Waals surface area (Å²) in [6.07, 6.45) is 4.71. The van der Waals surface area contributed by atoms with Crippen molar-refractivity contribution in [3.05, 3.63) is 24.3 Å². The molecule has 1 aromatic rings. The largest absolute Gasteiger partial charge is 0.447 e. The number of nitrogens with zero attached hydrogens (tertiary/aromatic N) is 1. The lowest BCUT2D eigenvalue weighted by Crippen LogP contribution is -2.28. The number of hydrogen-bond acceptors (Lipinski definition) is 4. The average Bonchev–Trinajstić information content (AvgIpc) is 2.85. The Balaban J connectivity index is 1.97. The summed E-state index contributed by atoms with van der Waals surface area (Å²) in [7, 11) is 0. The molecule has 0 bridgehead atoms. The van der Waals surface area contributed by atoms with Crippen LogP contribution in [0.15, 0.2) is 24.3 Å². The Morgan fingerprint density at radius 3 is 3.05 bits per heavy atom. The molecule has 2 N–H and O–H groups in total. The van der Waals surface area contributed by atoms with Gasteiger partial charge in [-0.1, -0.05) is 12.0 Å². The van der Waals surface area contributed by atoms with Gasteiger partial charge in [-0.25, -0.2) is 4.79 Å². The highest BCUT2D eigenvalue weighted by Gasteiger charge is 2.23. The van der Waals surface area contributed by atoms with E-state index in [1.54, 1.807) is 24.3 Å². The van der Waals surface area contributed by atoms with Crippen molar-refractivity contribution in [2.75, 3.05) is 36.5 Å². The van der Waals surface area contributed by atoms with Crippen LogP contribution in [0.25, 0.3) is 0 Å². The van der Waals surface area contributed by atoms with Crippen LogP contribution in [0, 0.1) is 12.3 Å². The summed E-state index contributed by atoms with van der Waals surface area (Å²) in [6.45, 7) is 1.37. The van der Waals surface area contributed by atoms with E-state index in [0.29, 0.717) is 31.1 Å². The predicted octanol–water partition coefficient (Wildman–Crippen LogP) is 0.804. The predicted molar refractivity (Wildman–Crippen MR) is 75.5 cm³/mol. The van der Waals surface area contributed by atoms with E-state index in [0.717, 1.165) is 0 Å². The lowest BCUT2D eigenvalue weighted by atomic mass is 10.2. The highest BCUT2D eigenvalue weighted by atomic mass is 16.6. The third kappa shape index (κ3) is 3.49. The molecule has 0 spiro atoms. The minimum Gasteiger partial charge on any atom is -0.447 e. The number of carbonyl (C=O) groups is 2. The number of ether oxygens (including phenoxy) is 1. The zero-order valence-corrected chi connectivity index (χ0v) is 10.9. The maximum Gasteiger partial charge on any atom is 0.414 e. The Morgan fingerprint density at radius 1 is 1.50 bits per heavy atom. The number of terminal acetylenes is 1. The van der Waals surface area contributed by atoms with Crippen molar-refractivity contribution >= 4 is 23.4 Å². The van der Waals surface area contributed by atoms with Crippen molar-refractivity contribution in [2.24, 2.45) is 0 Å². The van der Waals surface area contributed by atoms with Gasteiger partial charge in [0.15, 0.2) is 0 Å². The zero-order valence-electron chi connectivity index (χ0n) is 10.9. The van der Waals surface area contributed by atoms with Crippen LogP contribution >= 0.6 is 0 Å². The molecule has 0 saturated carbocycles. The molecule has 6 heteroatoms. The summed E-state index contributed by atoms with van der Waals surface area (Å²) in [6, 6.07) is 7.04. The van der Waals surface area contributed by atoms with Gasteiger partial charge in [-0.2, -0.15) is 0 Å². The van der Waals surface area contributed by atoms with Gasteiger partial charge in [-0.3, -0.25) is 15.0 Å². The van der Waals surface area contributed by atoms with Crippen molar-refractivity contribution in [2.45, 2.75) is 0 Å². The summed E-state index contributed by atoms with van der Waals surface area (Å²) in [5.41, 5.74) is 1.32. The second-order valence-corrected chi connectivity index (χ2v) is 4.17. The first kappa shape index (κ1) is 13.9. The fraction of sp³-hybridized carbons (Fsp3) is 0.286. The smallest absolute Gasteiger partial charge is 0.414 e. The monoisotopic (exact) mass is 273 g/mol. The van der Waals surface area contributed by atoms with Gasteiger partial charge in [-0.05, 0) is 18.2 Å². The Bertz CT molecular complexity index is 551. The lowest BCUT2D eigenvalue weighted by Gasteiger charge is -2.14. The van der Waals surface area contributed by atoms with Crippen molar-refractivity contribution in [3.8, 4) is 12.3 Å². The van der Waals surface area contributed by atoms with E-state index in [2.05, 4.69) is 16.6 Å². The fourth-order valence-corrected chi connectivity index (χ4v) is 1.83. The van der Waals surface area contributed by atoms with E-state index in [4.69, 9.17) is 11.2 Å². The third-order valence-electron chi connectivity index (χ3n) is 2.72. The van der Waals surface area contributed by atoms with Crippen LogP contribution in [0.4, 0.5) is 16.2 Å². The molecule has 1 aliphatic heterocycles. The van der Waals surface area contributed by atoms with Gasteiger partial charge in [0.25, 0.3) is 0 Å². The van der Waals surface area contributed by atoms with Gasteiger partial charge in [-0.15, -0.1) is 6.42 Å². The minimum atomic E-state index is -0.371. The lowest BCUT2D eigenvalue weighted by molar-refractivity contribution is -0.115. The maximum absolute atomic E-state index is 11.6. The van der Waals surface area contributed by atoms with Crippen LogP contribution in [-0.2, 0) is 9.53 Å². The van der Waals surface area contributed by atoms with Crippen LogP contribution < -0.4 is 15.5 Å². The molecule has 2 amide bonds. The Kier molecular flexibility index (Phi) is 4.58. The first-order chi connectivity index (χ1) is 9.70. The molecule has 0 unspecified atom stereocenters. The van der Waals surface area contributed by atoms with E-state index >= 15 is 0 Å². The van der Waals surface area contributed by atoms with Gasteiger partial charge in [0.2, 0.25) is 5.91 Å². The minimum absolute atomic E-state index is 0.139. The molecule has 0 radical (unpaired) electrons. The van der Waals surface area contributed by atoms with Crippen LogP contribution in [0.2, 0.25) is 0 Å². The summed E-state index contributed by atoms with van der Waals surface area (Å²) < 4.78 is 4.88. The normalized spacial score (nSPS) is 13.8. The number of rotatable bonds is 5. The number of anilines is 2. The van der Waals surface area contributed by atoms with Crippen LogP contribution in [0.1, 0.15) is 0 Å². The topological polar surface area (TPSA) is 70.7 Å². The van der Waals surface area contributed by atoms with Crippen molar-refractivity contribution in [1.82, 2.24) is 5.32 Å². The standard InChI is InChI=1S/C14H15N3O3/c1-2-6-15-10-13(18)16-11-4-3-5-12(9-11)17-7-8-20-14(17)19/h1,3-5,9,15H,6-8,10H2,(H,16,18). The molecule has 1 fully saturated rings. The highest BCUT2D eigenvalue weighted by Crippen LogP contribution is 2.22. The van der Waals surface area contributed by atoms with Crippen molar-refractivity contribution in [1.29, 1.82) is 0 Å². The van der Waals surface area contributed by atoms with Crippen LogP contribution in [-0.4, -0.2) is 38.2 Å². The maximum atomic E-state index is 11.6. The molecular formula is C14H15N3O3. The molecule has 6 nitrogen and oxygen atoms in total. The Hall–Kier alpha value is -2.52. The molecule has 1 saturated heterocycles. The van der Waals surface area contributed by atoms with E-state index in [-0.39, 0.29) is 18.5 Å². The number of benzene rings is 1. The Labute approximate surface area is 117 Å². The van der Waals surface area contributed by atoms with E-state index in [9.17, 15) is 9.59 Å². The molecule has 0 aliphatic carbocycles. The zero-order chi connectivity index (χ0) is 14.4. The van der Waals surface area contributed by atoms with Crippen LogP contribution in [0.5, 0.6) is 0 Å². The number of carbonyl (C=O) groups excluding carboxylic acids is 2. The van der Waals surface area contributed by atoms with Gasteiger partial charge >= 0.3 is 6.09 Å². The molecule has 104 valence electrons. The molecule has 1 heterocycles. The van der Waals surface area contributed by atoms with Gasteiger partial charge in [0, 0.05) is 11.4 Å². The van der Waals surface area contributed by atoms with Crippen LogP contribution in [0.3, 0.4) is 0 Å². The molecule has 0 atom stereocenters.